The summed E-state index contributed by atoms with van der Waals surface area (Å²) in [5.41, 5.74) is 33.2. The SMILES string of the molecule is CCCCCCCCC1(CCCCCCCC)c2ccccc2-c2ccc(-c3ccc4c(c3)C(C)(C)c3cc(-c5ccc6c(c5)C(C)(C)c5c7c(c8oc9ccccc9c8c5-6)-c5ccc(Nc6ccccc6-c6ccccc6)cc5C7(C)C)ccc3-4)cc21. The Hall–Kier alpha value is -8.20. The minimum Gasteiger partial charge on any atom is -0.455 e. The van der Waals surface area contributed by atoms with Gasteiger partial charge in [0.25, 0.3) is 0 Å². The molecule has 1 heterocycles. The molecule has 0 radical (unpaired) electrons. The lowest BCUT2D eigenvalue weighted by Gasteiger charge is -2.33. The van der Waals surface area contributed by atoms with Crippen LogP contribution in [0, 0.1) is 0 Å². The highest BCUT2D eigenvalue weighted by atomic mass is 16.3. The lowest BCUT2D eigenvalue weighted by atomic mass is 9.70. The third-order valence-electron chi connectivity index (χ3n) is 21.8. The third-order valence-corrected chi connectivity index (χ3v) is 21.8. The molecule has 4 aliphatic rings. The molecule has 1 aromatic heterocycles. The van der Waals surface area contributed by atoms with Crippen molar-refractivity contribution < 1.29 is 4.42 Å². The van der Waals surface area contributed by atoms with Crippen molar-refractivity contribution in [3.63, 3.8) is 0 Å². The van der Waals surface area contributed by atoms with Gasteiger partial charge in [0, 0.05) is 54.9 Å². The number of unbranched alkanes of at least 4 members (excludes halogenated alkanes) is 10. The van der Waals surface area contributed by atoms with Crippen LogP contribution in [0.3, 0.4) is 0 Å². The molecule has 2 nitrogen and oxygen atoms in total. The number of nitrogens with one attached hydrogen (secondary N) is 1. The van der Waals surface area contributed by atoms with Crippen molar-refractivity contribution in [2.75, 3.05) is 5.32 Å². The summed E-state index contributed by atoms with van der Waals surface area (Å²) in [7, 11) is 0. The van der Waals surface area contributed by atoms with Crippen molar-refractivity contribution in [2.45, 2.75) is 167 Å². The summed E-state index contributed by atoms with van der Waals surface area (Å²) in [4.78, 5) is 0. The van der Waals surface area contributed by atoms with Crippen molar-refractivity contribution in [1.29, 1.82) is 0 Å². The van der Waals surface area contributed by atoms with Crippen LogP contribution < -0.4 is 5.32 Å². The topological polar surface area (TPSA) is 25.2 Å². The van der Waals surface area contributed by atoms with Crippen molar-refractivity contribution in [1.82, 2.24) is 0 Å². The molecule has 0 atom stereocenters. The molecule has 0 bridgehead atoms. The van der Waals surface area contributed by atoms with E-state index in [1.165, 1.54) is 212 Å². The van der Waals surface area contributed by atoms with Crippen LogP contribution in [-0.4, -0.2) is 0 Å². The zero-order chi connectivity index (χ0) is 60.1. The fraction of sp³-hybridized carbons (Fsp3) is 0.302. The first-order valence-electron chi connectivity index (χ1n) is 33.6. The zero-order valence-electron chi connectivity index (χ0n) is 53.3. The highest BCUT2D eigenvalue weighted by molar-refractivity contribution is 6.21. The van der Waals surface area contributed by atoms with Crippen molar-refractivity contribution >= 4 is 33.3 Å². The Kier molecular flexibility index (Phi) is 14.0. The molecule has 10 aromatic carbocycles. The van der Waals surface area contributed by atoms with Crippen LogP contribution in [-0.2, 0) is 21.7 Å². The molecule has 0 amide bonds. The normalized spacial score (nSPS) is 15.4. The molecule has 4 aliphatic carbocycles. The van der Waals surface area contributed by atoms with Crippen LogP contribution in [0.5, 0.6) is 0 Å². The second-order valence-corrected chi connectivity index (χ2v) is 28.2. The van der Waals surface area contributed by atoms with E-state index in [9.17, 15) is 0 Å². The van der Waals surface area contributed by atoms with Crippen molar-refractivity contribution in [3.8, 4) is 77.9 Å². The number of rotatable bonds is 19. The van der Waals surface area contributed by atoms with Crippen molar-refractivity contribution in [3.05, 3.63) is 239 Å². The molecule has 88 heavy (non-hydrogen) atoms. The van der Waals surface area contributed by atoms with E-state index in [0.29, 0.717) is 0 Å². The predicted molar refractivity (Wildman–Crippen MR) is 375 cm³/mol. The second-order valence-electron chi connectivity index (χ2n) is 28.2. The molecule has 0 saturated carbocycles. The Balaban J connectivity index is 0.769. The van der Waals surface area contributed by atoms with E-state index in [-0.39, 0.29) is 21.7 Å². The molecule has 440 valence electrons. The molecule has 2 heteroatoms. The van der Waals surface area contributed by atoms with Crippen LogP contribution in [0.15, 0.2) is 199 Å². The Morgan fingerprint density at radius 2 is 0.795 bits per heavy atom. The number of benzene rings is 10. The Labute approximate surface area is 523 Å². The average molecular weight is 1150 g/mol. The van der Waals surface area contributed by atoms with Crippen LogP contribution in [0.25, 0.3) is 99.8 Å². The first-order valence-corrected chi connectivity index (χ1v) is 33.6. The van der Waals surface area contributed by atoms with E-state index in [2.05, 4.69) is 255 Å². The number of fused-ring (bicyclic) bond motifs is 18. The van der Waals surface area contributed by atoms with Gasteiger partial charge >= 0.3 is 0 Å². The first-order chi connectivity index (χ1) is 42.8. The highest BCUT2D eigenvalue weighted by Crippen LogP contribution is 2.64. The van der Waals surface area contributed by atoms with Gasteiger partial charge < -0.3 is 9.73 Å². The summed E-state index contributed by atoms with van der Waals surface area (Å²) in [5.74, 6) is 0. The summed E-state index contributed by atoms with van der Waals surface area (Å²) >= 11 is 0. The highest BCUT2D eigenvalue weighted by Gasteiger charge is 2.49. The number of para-hydroxylation sites is 2. The number of hydrogen-bond acceptors (Lipinski definition) is 2. The summed E-state index contributed by atoms with van der Waals surface area (Å²) in [6, 6.07) is 74.2. The molecule has 11 aromatic rings. The van der Waals surface area contributed by atoms with Gasteiger partial charge in [-0.25, -0.2) is 0 Å². The van der Waals surface area contributed by atoms with Gasteiger partial charge in [0.2, 0.25) is 0 Å². The van der Waals surface area contributed by atoms with Gasteiger partial charge in [0.15, 0.2) is 0 Å². The fourth-order valence-corrected chi connectivity index (χ4v) is 17.2. The number of hydrogen-bond donors (Lipinski definition) is 1. The standard InChI is InChI=1S/C86H85NO/c1-9-11-13-15-17-28-48-86(49-29-18-16-14-12-10-2)69-35-25-22-33-62(69)65-45-40-59(53-74(65)86)57-39-44-64-63-43-38-56(50-70(63)83(3,4)71(64)51-57)58-41-46-66-72(52-58)84(5,6)80-77(66)78-68-34-24-27-37-76(68)88-82(78)79-67-47-42-60(54-73(67)85(7,8)81(79)80)87-75-36-26-23-32-61(75)55-30-20-19-21-31-55/h19-27,30-47,50-54,87H,9-18,28-29,48-49H2,1-8H3. The van der Waals surface area contributed by atoms with E-state index >= 15 is 0 Å². The molecule has 1 N–H and O–H groups in total. The lowest BCUT2D eigenvalue weighted by molar-refractivity contribution is 0.398. The molecule has 15 rings (SSSR count). The quantitative estimate of drug-likeness (QED) is 0.0817. The second kappa shape index (κ2) is 21.8. The summed E-state index contributed by atoms with van der Waals surface area (Å²) in [6.45, 7) is 19.4. The van der Waals surface area contributed by atoms with Gasteiger partial charge in [-0.15, -0.1) is 0 Å². The maximum atomic E-state index is 7.13. The van der Waals surface area contributed by atoms with E-state index in [1.807, 2.05) is 0 Å². The predicted octanol–water partition coefficient (Wildman–Crippen LogP) is 25.0. The minimum absolute atomic E-state index is 0.0534. The minimum atomic E-state index is -0.321. The molecule has 0 fully saturated rings. The van der Waals surface area contributed by atoms with Gasteiger partial charge in [0.1, 0.15) is 11.2 Å². The number of anilines is 2. The average Bonchev–Trinajstić information content (AvgIpc) is 1.51. The summed E-state index contributed by atoms with van der Waals surface area (Å²) < 4.78 is 7.13. The fourth-order valence-electron chi connectivity index (χ4n) is 17.2. The van der Waals surface area contributed by atoms with E-state index < -0.39 is 0 Å². The summed E-state index contributed by atoms with van der Waals surface area (Å²) in [6.07, 6.45) is 18.4. The molecule has 0 spiro atoms. The Bertz CT molecular complexity index is 4520. The van der Waals surface area contributed by atoms with Crippen LogP contribution in [0.4, 0.5) is 11.4 Å². The molecule has 0 saturated heterocycles. The van der Waals surface area contributed by atoms with E-state index in [1.54, 1.807) is 11.1 Å². The molecule has 0 aliphatic heterocycles. The van der Waals surface area contributed by atoms with Gasteiger partial charge in [-0.2, -0.15) is 0 Å². The lowest BCUT2D eigenvalue weighted by Crippen LogP contribution is -2.25. The van der Waals surface area contributed by atoms with Crippen molar-refractivity contribution in [2.24, 2.45) is 0 Å². The Morgan fingerprint density at radius 1 is 0.341 bits per heavy atom. The maximum absolute atomic E-state index is 7.13. The zero-order valence-corrected chi connectivity index (χ0v) is 53.3. The van der Waals surface area contributed by atoms with Gasteiger partial charge in [-0.05, 0) is 173 Å². The summed E-state index contributed by atoms with van der Waals surface area (Å²) in [5, 5.41) is 6.28. The van der Waals surface area contributed by atoms with Crippen LogP contribution in [0.2, 0.25) is 0 Å². The maximum Gasteiger partial charge on any atom is 0.144 e. The third kappa shape index (κ3) is 8.84. The molecule has 0 unspecified atom stereocenters. The molecular formula is C86H85NO. The largest absolute Gasteiger partial charge is 0.455 e. The smallest absolute Gasteiger partial charge is 0.144 e. The van der Waals surface area contributed by atoms with Gasteiger partial charge in [0.05, 0.1) is 0 Å². The first kappa shape index (κ1) is 56.3. The van der Waals surface area contributed by atoms with E-state index in [0.717, 1.165) is 22.5 Å². The van der Waals surface area contributed by atoms with Crippen LogP contribution >= 0.6 is 0 Å². The molecular weight excluding hydrogens is 1060 g/mol. The monoisotopic (exact) mass is 1150 g/mol. The van der Waals surface area contributed by atoms with Crippen LogP contribution in [0.1, 0.15) is 190 Å². The Morgan fingerprint density at radius 3 is 1.43 bits per heavy atom. The van der Waals surface area contributed by atoms with E-state index in [4.69, 9.17) is 4.42 Å². The van der Waals surface area contributed by atoms with Gasteiger partial charge in [-0.3, -0.25) is 0 Å². The number of furan rings is 1. The van der Waals surface area contributed by atoms with Gasteiger partial charge in [-0.1, -0.05) is 278 Å².